The summed E-state index contributed by atoms with van der Waals surface area (Å²) in [5, 5.41) is 0. The van der Waals surface area contributed by atoms with Gasteiger partial charge >= 0.3 is 0 Å². The van der Waals surface area contributed by atoms with Crippen LogP contribution in [0.5, 0.6) is 0 Å². The molecule has 0 aromatic heterocycles. The minimum Gasteiger partial charge on any atom is -0.102 e. The lowest BCUT2D eigenvalue weighted by atomic mass is 9.58. The third-order valence-corrected chi connectivity index (χ3v) is 5.39. The third kappa shape index (κ3) is 1.28. The van der Waals surface area contributed by atoms with E-state index in [4.69, 9.17) is 0 Å². The van der Waals surface area contributed by atoms with Crippen molar-refractivity contribution in [3.63, 3.8) is 0 Å². The Balaban J connectivity index is 2.50. The van der Waals surface area contributed by atoms with E-state index in [2.05, 4.69) is 46.4 Å². The molecule has 0 aliphatic heterocycles. The molecule has 16 heavy (non-hydrogen) atoms. The first-order valence-corrected chi connectivity index (χ1v) is 6.63. The predicted octanol–water partition coefficient (Wildman–Crippen LogP) is 4.93. The van der Waals surface area contributed by atoms with E-state index in [0.717, 1.165) is 5.92 Å². The van der Waals surface area contributed by atoms with Gasteiger partial charge in [-0.2, -0.15) is 0 Å². The molecule has 2 aliphatic carbocycles. The predicted molar refractivity (Wildman–Crippen MR) is 71.0 cm³/mol. The molecule has 0 heterocycles. The second-order valence-electron chi connectivity index (χ2n) is 6.24. The van der Waals surface area contributed by atoms with Gasteiger partial charge in [0.1, 0.15) is 0 Å². The standard InChI is InChI=1S/C16H25/c1-6-16(14-9-7-8-10-14)13(3)11-12(2)15(16,4)5/h6,9,12H,1,7-8,10-11H2,2-5H3. The van der Waals surface area contributed by atoms with Crippen LogP contribution in [0.1, 0.15) is 53.4 Å². The molecule has 0 amide bonds. The molecule has 1 radical (unpaired) electrons. The fourth-order valence-corrected chi connectivity index (χ4v) is 4.10. The first-order valence-electron chi connectivity index (χ1n) is 6.63. The average molecular weight is 217 g/mol. The van der Waals surface area contributed by atoms with E-state index >= 15 is 0 Å². The Morgan fingerprint density at radius 3 is 2.50 bits per heavy atom. The molecule has 0 N–H and O–H groups in total. The van der Waals surface area contributed by atoms with Gasteiger partial charge in [0, 0.05) is 5.41 Å². The minimum absolute atomic E-state index is 0.183. The quantitative estimate of drug-likeness (QED) is 0.575. The second kappa shape index (κ2) is 3.75. The smallest absolute Gasteiger partial charge is 0.0201 e. The summed E-state index contributed by atoms with van der Waals surface area (Å²) in [5.74, 6) is 2.39. The zero-order chi connectivity index (χ0) is 12.0. The van der Waals surface area contributed by atoms with Crippen LogP contribution in [0.3, 0.4) is 0 Å². The summed E-state index contributed by atoms with van der Waals surface area (Å²) in [6, 6.07) is 0. The SMILES string of the molecule is C=CC1(C2=CCCC2)[C](C)CC(C)C1(C)C. The summed E-state index contributed by atoms with van der Waals surface area (Å²) in [4.78, 5) is 0. The van der Waals surface area contributed by atoms with E-state index in [1.165, 1.54) is 25.7 Å². The van der Waals surface area contributed by atoms with E-state index in [-0.39, 0.29) is 5.41 Å². The highest BCUT2D eigenvalue weighted by molar-refractivity contribution is 5.39. The fraction of sp³-hybridized carbons (Fsp3) is 0.688. The highest BCUT2D eigenvalue weighted by Gasteiger charge is 2.57. The molecule has 0 aromatic rings. The maximum Gasteiger partial charge on any atom is 0.0201 e. The van der Waals surface area contributed by atoms with Crippen LogP contribution in [0.15, 0.2) is 24.3 Å². The van der Waals surface area contributed by atoms with E-state index in [1.54, 1.807) is 11.5 Å². The summed E-state index contributed by atoms with van der Waals surface area (Å²) >= 11 is 0. The molecule has 1 fully saturated rings. The molecule has 0 nitrogen and oxygen atoms in total. The molecule has 0 bridgehead atoms. The van der Waals surface area contributed by atoms with Gasteiger partial charge in [-0.3, -0.25) is 0 Å². The lowest BCUT2D eigenvalue weighted by molar-refractivity contribution is 0.166. The van der Waals surface area contributed by atoms with Gasteiger partial charge in [0.05, 0.1) is 0 Å². The van der Waals surface area contributed by atoms with Gasteiger partial charge in [0.15, 0.2) is 0 Å². The van der Waals surface area contributed by atoms with Gasteiger partial charge in [-0.15, -0.1) is 6.58 Å². The molecule has 2 aliphatic rings. The summed E-state index contributed by atoms with van der Waals surface area (Å²) in [6.07, 6.45) is 9.86. The summed E-state index contributed by atoms with van der Waals surface area (Å²) < 4.78 is 0. The van der Waals surface area contributed by atoms with Crippen LogP contribution >= 0.6 is 0 Å². The number of allylic oxidation sites excluding steroid dienone is 3. The Morgan fingerprint density at radius 1 is 1.44 bits per heavy atom. The van der Waals surface area contributed by atoms with Crippen molar-refractivity contribution < 1.29 is 0 Å². The van der Waals surface area contributed by atoms with Gasteiger partial charge in [0.25, 0.3) is 0 Å². The van der Waals surface area contributed by atoms with Crippen LogP contribution in [0, 0.1) is 22.7 Å². The summed E-state index contributed by atoms with van der Waals surface area (Å²) in [5.41, 5.74) is 2.16. The maximum atomic E-state index is 4.18. The van der Waals surface area contributed by atoms with Crippen molar-refractivity contribution in [1.82, 2.24) is 0 Å². The number of hydrogen-bond donors (Lipinski definition) is 0. The average Bonchev–Trinajstić information content (AvgIpc) is 2.77. The van der Waals surface area contributed by atoms with Crippen molar-refractivity contribution in [3.8, 4) is 0 Å². The molecule has 0 spiro atoms. The topological polar surface area (TPSA) is 0 Å². The molecular formula is C16H25. The van der Waals surface area contributed by atoms with E-state index in [0.29, 0.717) is 5.41 Å². The third-order valence-electron chi connectivity index (χ3n) is 5.39. The number of rotatable bonds is 2. The Hall–Kier alpha value is -0.520. The van der Waals surface area contributed by atoms with Gasteiger partial charge in [0.2, 0.25) is 0 Å². The van der Waals surface area contributed by atoms with E-state index in [1.807, 2.05) is 0 Å². The molecule has 2 rings (SSSR count). The summed E-state index contributed by atoms with van der Waals surface area (Å²) in [7, 11) is 0. The highest BCUT2D eigenvalue weighted by Crippen LogP contribution is 2.65. The molecular weight excluding hydrogens is 192 g/mol. The van der Waals surface area contributed by atoms with Gasteiger partial charge in [-0.05, 0) is 42.9 Å². The molecule has 0 aromatic carbocycles. The Morgan fingerprint density at radius 2 is 2.12 bits per heavy atom. The largest absolute Gasteiger partial charge is 0.102 e. The first kappa shape index (κ1) is 12.0. The van der Waals surface area contributed by atoms with Crippen LogP contribution in [-0.4, -0.2) is 0 Å². The van der Waals surface area contributed by atoms with Crippen LogP contribution in [0.25, 0.3) is 0 Å². The Bertz CT molecular complexity index is 321. The fourth-order valence-electron chi connectivity index (χ4n) is 4.10. The normalized spacial score (nSPS) is 38.8. The minimum atomic E-state index is 0.183. The highest BCUT2D eigenvalue weighted by atomic mass is 14.6. The molecule has 2 unspecified atom stereocenters. The second-order valence-corrected chi connectivity index (χ2v) is 6.24. The van der Waals surface area contributed by atoms with Crippen molar-refractivity contribution in [2.75, 3.05) is 0 Å². The zero-order valence-electron chi connectivity index (χ0n) is 11.3. The molecule has 0 saturated heterocycles. The van der Waals surface area contributed by atoms with Gasteiger partial charge < -0.3 is 0 Å². The van der Waals surface area contributed by atoms with E-state index in [9.17, 15) is 0 Å². The molecule has 1 saturated carbocycles. The van der Waals surface area contributed by atoms with E-state index < -0.39 is 0 Å². The Labute approximate surface area is 101 Å². The van der Waals surface area contributed by atoms with Crippen molar-refractivity contribution in [3.05, 3.63) is 30.2 Å². The van der Waals surface area contributed by atoms with Crippen LogP contribution in [-0.2, 0) is 0 Å². The number of hydrogen-bond acceptors (Lipinski definition) is 0. The molecule has 2 atom stereocenters. The van der Waals surface area contributed by atoms with Crippen molar-refractivity contribution >= 4 is 0 Å². The first-order chi connectivity index (χ1) is 7.46. The monoisotopic (exact) mass is 217 g/mol. The lowest BCUT2D eigenvalue weighted by Crippen LogP contribution is -2.38. The van der Waals surface area contributed by atoms with Gasteiger partial charge in [-0.1, -0.05) is 45.4 Å². The van der Waals surface area contributed by atoms with Crippen LogP contribution < -0.4 is 0 Å². The van der Waals surface area contributed by atoms with Crippen molar-refractivity contribution in [2.24, 2.45) is 16.7 Å². The van der Waals surface area contributed by atoms with Crippen LogP contribution in [0.2, 0.25) is 0 Å². The van der Waals surface area contributed by atoms with Crippen LogP contribution in [0.4, 0.5) is 0 Å². The molecule has 0 heteroatoms. The summed E-state index contributed by atoms with van der Waals surface area (Å²) in [6.45, 7) is 13.8. The lowest BCUT2D eigenvalue weighted by Gasteiger charge is -2.45. The Kier molecular flexibility index (Phi) is 2.80. The van der Waals surface area contributed by atoms with Gasteiger partial charge in [-0.25, -0.2) is 0 Å². The van der Waals surface area contributed by atoms with Crippen molar-refractivity contribution in [1.29, 1.82) is 0 Å². The zero-order valence-corrected chi connectivity index (χ0v) is 11.3. The maximum absolute atomic E-state index is 4.18. The molecule has 89 valence electrons. The van der Waals surface area contributed by atoms with Crippen molar-refractivity contribution in [2.45, 2.75) is 53.4 Å².